The minimum Gasteiger partial charge on any atom is -0.355 e. The Morgan fingerprint density at radius 1 is 1.33 bits per heavy atom. The van der Waals surface area contributed by atoms with Gasteiger partial charge in [-0.1, -0.05) is 11.6 Å². The zero-order valence-electron chi connectivity index (χ0n) is 11.2. The van der Waals surface area contributed by atoms with Gasteiger partial charge >= 0.3 is 0 Å². The Labute approximate surface area is 126 Å². The highest BCUT2D eigenvalue weighted by Crippen LogP contribution is 2.33. The van der Waals surface area contributed by atoms with E-state index in [0.29, 0.717) is 34.8 Å². The summed E-state index contributed by atoms with van der Waals surface area (Å²) in [5.74, 6) is -0.663. The summed E-state index contributed by atoms with van der Waals surface area (Å²) in [6.45, 7) is 0.462. The number of hydrogen-bond donors (Lipinski definition) is 2. The standard InChI is InChI=1S/C15H14ClN3O2/c16-9-3-8(6-18-7-9)11-5-13(20)14-12(15(11)21)4-10(19-14)1-2-17/h3-4,6-7,11,19H,1-2,5,17H2. The minimum atomic E-state index is -0.516. The molecule has 0 fully saturated rings. The molecule has 0 radical (unpaired) electrons. The highest BCUT2D eigenvalue weighted by atomic mass is 35.5. The van der Waals surface area contributed by atoms with E-state index in [0.717, 1.165) is 5.69 Å². The van der Waals surface area contributed by atoms with Crippen LogP contribution >= 0.6 is 11.6 Å². The lowest BCUT2D eigenvalue weighted by Gasteiger charge is -2.20. The Bertz CT molecular complexity index is 723. The van der Waals surface area contributed by atoms with Crippen molar-refractivity contribution in [1.29, 1.82) is 0 Å². The van der Waals surface area contributed by atoms with Crippen LogP contribution in [0, 0.1) is 0 Å². The Morgan fingerprint density at radius 2 is 2.14 bits per heavy atom. The number of Topliss-reactive ketones (excluding diaryl/α,β-unsaturated/α-hetero) is 2. The molecule has 5 nitrogen and oxygen atoms in total. The van der Waals surface area contributed by atoms with Gasteiger partial charge in [0.25, 0.3) is 0 Å². The lowest BCUT2D eigenvalue weighted by Crippen LogP contribution is -2.24. The van der Waals surface area contributed by atoms with Gasteiger partial charge in [0.15, 0.2) is 11.6 Å². The van der Waals surface area contributed by atoms with Crippen LogP contribution < -0.4 is 5.73 Å². The summed E-state index contributed by atoms with van der Waals surface area (Å²) in [5.41, 5.74) is 7.84. The van der Waals surface area contributed by atoms with Crippen molar-refractivity contribution < 1.29 is 9.59 Å². The molecule has 1 aliphatic carbocycles. The number of hydrogen-bond acceptors (Lipinski definition) is 4. The summed E-state index contributed by atoms with van der Waals surface area (Å²) in [6, 6.07) is 3.41. The number of nitrogens with two attached hydrogens (primary N) is 1. The average molecular weight is 304 g/mol. The quantitative estimate of drug-likeness (QED) is 0.909. The summed E-state index contributed by atoms with van der Waals surface area (Å²) in [7, 11) is 0. The third-order valence-corrected chi connectivity index (χ3v) is 3.87. The second kappa shape index (κ2) is 5.42. The van der Waals surface area contributed by atoms with Crippen molar-refractivity contribution in [2.45, 2.75) is 18.8 Å². The number of carbonyl (C=O) groups is 2. The SMILES string of the molecule is NCCc1cc2c([nH]1)C(=O)CC(c1cncc(Cl)c1)C2=O. The summed E-state index contributed by atoms with van der Waals surface area (Å²) in [4.78, 5) is 31.9. The fraction of sp³-hybridized carbons (Fsp3) is 0.267. The molecule has 2 heterocycles. The molecule has 2 aromatic heterocycles. The smallest absolute Gasteiger partial charge is 0.180 e. The molecule has 108 valence electrons. The number of H-pyrrole nitrogens is 1. The second-order valence-electron chi connectivity index (χ2n) is 5.10. The van der Waals surface area contributed by atoms with Gasteiger partial charge in [0.2, 0.25) is 0 Å². The molecular formula is C15H14ClN3O2. The number of rotatable bonds is 3. The third kappa shape index (κ3) is 2.50. The molecule has 2 aromatic rings. The normalized spacial score (nSPS) is 17.9. The van der Waals surface area contributed by atoms with E-state index in [1.165, 1.54) is 6.20 Å². The highest BCUT2D eigenvalue weighted by molar-refractivity contribution is 6.30. The number of ketones is 2. The molecule has 0 amide bonds. The van der Waals surface area contributed by atoms with Crippen LogP contribution in [0.25, 0.3) is 0 Å². The molecule has 3 rings (SSSR count). The summed E-state index contributed by atoms with van der Waals surface area (Å²) >= 11 is 5.91. The van der Waals surface area contributed by atoms with Gasteiger partial charge in [-0.3, -0.25) is 14.6 Å². The number of carbonyl (C=O) groups excluding carboxylic acids is 2. The number of halogens is 1. The first-order valence-electron chi connectivity index (χ1n) is 6.70. The van der Waals surface area contributed by atoms with Crippen molar-refractivity contribution in [2.24, 2.45) is 5.73 Å². The van der Waals surface area contributed by atoms with E-state index in [-0.39, 0.29) is 18.0 Å². The molecule has 0 saturated heterocycles. The molecule has 0 aromatic carbocycles. The molecule has 0 aliphatic heterocycles. The maximum Gasteiger partial charge on any atom is 0.180 e. The summed E-state index contributed by atoms with van der Waals surface area (Å²) < 4.78 is 0. The molecule has 1 aliphatic rings. The maximum atomic E-state index is 12.6. The first kappa shape index (κ1) is 14.0. The fourth-order valence-electron chi connectivity index (χ4n) is 2.67. The number of aromatic amines is 1. The first-order valence-corrected chi connectivity index (χ1v) is 7.07. The van der Waals surface area contributed by atoms with Gasteiger partial charge in [0.1, 0.15) is 0 Å². The van der Waals surface area contributed by atoms with Gasteiger partial charge in [-0.2, -0.15) is 0 Å². The molecular weight excluding hydrogens is 290 g/mol. The summed E-state index contributed by atoms with van der Waals surface area (Å²) in [5, 5.41) is 0.455. The van der Waals surface area contributed by atoms with E-state index in [2.05, 4.69) is 9.97 Å². The second-order valence-corrected chi connectivity index (χ2v) is 5.54. The topological polar surface area (TPSA) is 88.8 Å². The molecule has 21 heavy (non-hydrogen) atoms. The van der Waals surface area contributed by atoms with Crippen LogP contribution in [-0.4, -0.2) is 28.1 Å². The van der Waals surface area contributed by atoms with Crippen LogP contribution in [0.1, 0.15) is 44.4 Å². The molecule has 6 heteroatoms. The third-order valence-electron chi connectivity index (χ3n) is 3.67. The lowest BCUT2D eigenvalue weighted by molar-refractivity contribution is 0.0863. The van der Waals surface area contributed by atoms with Gasteiger partial charge < -0.3 is 10.7 Å². The molecule has 0 saturated carbocycles. The van der Waals surface area contributed by atoms with Crippen molar-refractivity contribution in [1.82, 2.24) is 9.97 Å². The minimum absolute atomic E-state index is 0.0714. The Hall–Kier alpha value is -1.98. The monoisotopic (exact) mass is 303 g/mol. The highest BCUT2D eigenvalue weighted by Gasteiger charge is 2.35. The van der Waals surface area contributed by atoms with Crippen LogP contribution in [-0.2, 0) is 6.42 Å². The number of nitrogens with zero attached hydrogens (tertiary/aromatic N) is 1. The predicted octanol–water partition coefficient (Wildman–Crippen LogP) is 2.12. The van der Waals surface area contributed by atoms with Crippen molar-refractivity contribution in [2.75, 3.05) is 6.54 Å². The van der Waals surface area contributed by atoms with E-state index in [9.17, 15) is 9.59 Å². The predicted molar refractivity (Wildman–Crippen MR) is 78.8 cm³/mol. The van der Waals surface area contributed by atoms with E-state index >= 15 is 0 Å². The maximum absolute atomic E-state index is 12.6. The van der Waals surface area contributed by atoms with Crippen LogP contribution in [0.15, 0.2) is 24.5 Å². The molecule has 0 bridgehead atoms. The van der Waals surface area contributed by atoms with Crippen LogP contribution in [0.4, 0.5) is 0 Å². The average Bonchev–Trinajstić information content (AvgIpc) is 2.88. The Morgan fingerprint density at radius 3 is 2.86 bits per heavy atom. The van der Waals surface area contributed by atoms with Gasteiger partial charge in [-0.25, -0.2) is 0 Å². The van der Waals surface area contributed by atoms with E-state index in [1.54, 1.807) is 18.3 Å². The number of fused-ring (bicyclic) bond motifs is 1. The van der Waals surface area contributed by atoms with Crippen LogP contribution in [0.5, 0.6) is 0 Å². The van der Waals surface area contributed by atoms with E-state index < -0.39 is 5.92 Å². The van der Waals surface area contributed by atoms with Crippen molar-refractivity contribution in [3.8, 4) is 0 Å². The van der Waals surface area contributed by atoms with Crippen molar-refractivity contribution in [3.05, 3.63) is 52.1 Å². The zero-order chi connectivity index (χ0) is 15.0. The van der Waals surface area contributed by atoms with Crippen molar-refractivity contribution >= 4 is 23.2 Å². The van der Waals surface area contributed by atoms with E-state index in [1.807, 2.05) is 0 Å². The van der Waals surface area contributed by atoms with Gasteiger partial charge in [-0.05, 0) is 30.7 Å². The fourth-order valence-corrected chi connectivity index (χ4v) is 2.85. The number of pyridine rings is 1. The molecule has 3 N–H and O–H groups in total. The summed E-state index contributed by atoms with van der Waals surface area (Å²) in [6.07, 6.45) is 3.83. The van der Waals surface area contributed by atoms with Gasteiger partial charge in [-0.15, -0.1) is 0 Å². The van der Waals surface area contributed by atoms with Gasteiger partial charge in [0.05, 0.1) is 16.6 Å². The number of nitrogens with one attached hydrogen (secondary N) is 1. The van der Waals surface area contributed by atoms with E-state index in [4.69, 9.17) is 17.3 Å². The van der Waals surface area contributed by atoms with Crippen LogP contribution in [0.2, 0.25) is 5.02 Å². The number of aromatic nitrogens is 2. The zero-order valence-corrected chi connectivity index (χ0v) is 12.0. The van der Waals surface area contributed by atoms with Crippen LogP contribution in [0.3, 0.4) is 0 Å². The Kier molecular flexibility index (Phi) is 3.61. The van der Waals surface area contributed by atoms with Gasteiger partial charge in [0, 0.05) is 30.1 Å². The first-order chi connectivity index (χ1) is 10.1. The Balaban J connectivity index is 2.00. The molecule has 1 atom stereocenters. The molecule has 1 unspecified atom stereocenters. The van der Waals surface area contributed by atoms with Crippen molar-refractivity contribution in [3.63, 3.8) is 0 Å². The lowest BCUT2D eigenvalue weighted by atomic mass is 9.82. The molecule has 0 spiro atoms. The largest absolute Gasteiger partial charge is 0.355 e.